The second-order valence-electron chi connectivity index (χ2n) is 7.92. The molecule has 148 valence electrons. The van der Waals surface area contributed by atoms with E-state index in [2.05, 4.69) is 10.3 Å². The third-order valence-electron chi connectivity index (χ3n) is 5.93. The molecule has 1 fully saturated rings. The summed E-state index contributed by atoms with van der Waals surface area (Å²) in [5.74, 6) is 0.768. The number of hydrogen-bond donors (Lipinski definition) is 2. The number of benzene rings is 2. The third-order valence-corrected chi connectivity index (χ3v) is 5.93. The van der Waals surface area contributed by atoms with Crippen LogP contribution in [0.15, 0.2) is 51.7 Å². The van der Waals surface area contributed by atoms with E-state index in [1.807, 2.05) is 30.3 Å². The van der Waals surface area contributed by atoms with Crippen molar-refractivity contribution >= 4 is 11.1 Å². The summed E-state index contributed by atoms with van der Waals surface area (Å²) in [5, 5.41) is 3.60. The molecule has 1 heterocycles. The summed E-state index contributed by atoms with van der Waals surface area (Å²) in [6, 6.07) is 12.9. The van der Waals surface area contributed by atoms with Gasteiger partial charge in [0.1, 0.15) is 5.82 Å². The summed E-state index contributed by atoms with van der Waals surface area (Å²) in [4.78, 5) is 13.9. The first-order chi connectivity index (χ1) is 13.7. The SMILES string of the molecule is O=c1[nH]c2ccc(CCCNC[C@H]3CC[C@H](c4ccc(F)cc4)CC3)cc2o1. The zero-order valence-electron chi connectivity index (χ0n) is 16.0. The molecule has 0 spiro atoms. The average Bonchev–Trinajstić information content (AvgIpc) is 3.08. The fourth-order valence-electron chi connectivity index (χ4n) is 4.30. The number of oxazole rings is 1. The molecule has 2 N–H and O–H groups in total. The lowest BCUT2D eigenvalue weighted by Gasteiger charge is -2.29. The molecule has 0 unspecified atom stereocenters. The second kappa shape index (κ2) is 8.74. The molecule has 0 amide bonds. The largest absolute Gasteiger partial charge is 0.417 e. The maximum absolute atomic E-state index is 13.1. The smallest absolute Gasteiger partial charge is 0.408 e. The van der Waals surface area contributed by atoms with E-state index in [0.717, 1.165) is 37.4 Å². The van der Waals surface area contributed by atoms with Gasteiger partial charge in [-0.25, -0.2) is 9.18 Å². The highest BCUT2D eigenvalue weighted by Gasteiger charge is 2.22. The van der Waals surface area contributed by atoms with Crippen LogP contribution in [0.3, 0.4) is 0 Å². The van der Waals surface area contributed by atoms with Crippen molar-refractivity contribution in [3.63, 3.8) is 0 Å². The minimum Gasteiger partial charge on any atom is -0.408 e. The van der Waals surface area contributed by atoms with Crippen molar-refractivity contribution in [3.8, 4) is 0 Å². The van der Waals surface area contributed by atoms with E-state index >= 15 is 0 Å². The summed E-state index contributed by atoms with van der Waals surface area (Å²) < 4.78 is 18.2. The minimum atomic E-state index is -0.400. The Morgan fingerprint density at radius 1 is 1.07 bits per heavy atom. The molecule has 0 radical (unpaired) electrons. The summed E-state index contributed by atoms with van der Waals surface area (Å²) in [6.07, 6.45) is 6.89. The standard InChI is InChI=1S/C23H27FN2O2/c24-20-10-8-19(9-11-20)18-6-3-17(4-7-18)15-25-13-1-2-16-5-12-21-22(14-16)28-23(27)26-21/h5,8-12,14,17-18,25H,1-4,6-7,13,15H2,(H,26,27)/t17-,18-. The molecule has 1 aliphatic rings. The average molecular weight is 382 g/mol. The highest BCUT2D eigenvalue weighted by molar-refractivity contribution is 5.72. The summed E-state index contributed by atoms with van der Waals surface area (Å²) in [7, 11) is 0. The van der Waals surface area contributed by atoms with Gasteiger partial charge in [-0.05, 0) is 98.8 Å². The molecule has 0 aliphatic heterocycles. The Morgan fingerprint density at radius 2 is 1.86 bits per heavy atom. The van der Waals surface area contributed by atoms with E-state index in [1.165, 1.54) is 36.8 Å². The molecule has 1 aliphatic carbocycles. The van der Waals surface area contributed by atoms with Gasteiger partial charge in [-0.1, -0.05) is 18.2 Å². The maximum Gasteiger partial charge on any atom is 0.417 e. The highest BCUT2D eigenvalue weighted by Crippen LogP contribution is 2.35. The lowest BCUT2D eigenvalue weighted by atomic mass is 9.78. The van der Waals surface area contributed by atoms with Crippen LogP contribution in [0.1, 0.15) is 49.1 Å². The van der Waals surface area contributed by atoms with Gasteiger partial charge in [0.15, 0.2) is 5.58 Å². The topological polar surface area (TPSA) is 58.0 Å². The first kappa shape index (κ1) is 18.9. The molecule has 4 rings (SSSR count). The molecule has 4 nitrogen and oxygen atoms in total. The Hall–Kier alpha value is -2.40. The molecule has 2 aromatic carbocycles. The predicted molar refractivity (Wildman–Crippen MR) is 109 cm³/mol. The number of halogens is 1. The molecule has 1 saturated carbocycles. The number of rotatable bonds is 7. The van der Waals surface area contributed by atoms with E-state index in [4.69, 9.17) is 4.42 Å². The fourth-order valence-corrected chi connectivity index (χ4v) is 4.30. The van der Waals surface area contributed by atoms with Gasteiger partial charge < -0.3 is 9.73 Å². The molecular formula is C23H27FN2O2. The van der Waals surface area contributed by atoms with Crippen LogP contribution in [0, 0.1) is 11.7 Å². The van der Waals surface area contributed by atoms with Crippen molar-refractivity contribution in [3.05, 3.63) is 70.0 Å². The molecule has 5 heteroatoms. The first-order valence-electron chi connectivity index (χ1n) is 10.3. The van der Waals surface area contributed by atoms with Crippen molar-refractivity contribution in [1.29, 1.82) is 0 Å². The number of H-pyrrole nitrogens is 1. The zero-order valence-corrected chi connectivity index (χ0v) is 16.0. The Bertz CT molecular complexity index is 953. The van der Waals surface area contributed by atoms with E-state index in [9.17, 15) is 9.18 Å². The molecule has 0 bridgehead atoms. The van der Waals surface area contributed by atoms with Gasteiger partial charge in [0.25, 0.3) is 0 Å². The van der Waals surface area contributed by atoms with E-state index in [1.54, 1.807) is 12.1 Å². The van der Waals surface area contributed by atoms with Crippen LogP contribution >= 0.6 is 0 Å². The summed E-state index contributed by atoms with van der Waals surface area (Å²) in [6.45, 7) is 2.06. The molecule has 0 saturated heterocycles. The highest BCUT2D eigenvalue weighted by atomic mass is 19.1. The number of hydrogen-bond acceptors (Lipinski definition) is 3. The van der Waals surface area contributed by atoms with Gasteiger partial charge in [0.05, 0.1) is 5.52 Å². The quantitative estimate of drug-likeness (QED) is 0.580. The van der Waals surface area contributed by atoms with Crippen molar-refractivity contribution in [2.75, 3.05) is 13.1 Å². The monoisotopic (exact) mass is 382 g/mol. The van der Waals surface area contributed by atoms with Crippen molar-refractivity contribution < 1.29 is 8.81 Å². The van der Waals surface area contributed by atoms with Crippen LogP contribution in [-0.4, -0.2) is 18.1 Å². The van der Waals surface area contributed by atoms with Crippen LogP contribution in [-0.2, 0) is 6.42 Å². The Labute approximate surface area is 164 Å². The van der Waals surface area contributed by atoms with Crippen LogP contribution in [0.5, 0.6) is 0 Å². The molecule has 1 aromatic heterocycles. The Balaban J connectivity index is 1.15. The van der Waals surface area contributed by atoms with E-state index < -0.39 is 5.76 Å². The van der Waals surface area contributed by atoms with E-state index in [-0.39, 0.29) is 5.82 Å². The van der Waals surface area contributed by atoms with Crippen LogP contribution in [0.2, 0.25) is 0 Å². The summed E-state index contributed by atoms with van der Waals surface area (Å²) in [5.41, 5.74) is 3.86. The first-order valence-corrected chi connectivity index (χ1v) is 10.3. The molecular weight excluding hydrogens is 355 g/mol. The number of aryl methyl sites for hydroxylation is 1. The van der Waals surface area contributed by atoms with Gasteiger partial charge in [0, 0.05) is 0 Å². The van der Waals surface area contributed by atoms with Crippen molar-refractivity contribution in [2.24, 2.45) is 5.92 Å². The molecule has 3 aromatic rings. The van der Waals surface area contributed by atoms with Gasteiger partial charge in [-0.3, -0.25) is 4.98 Å². The van der Waals surface area contributed by atoms with Gasteiger partial charge in [-0.2, -0.15) is 0 Å². The summed E-state index contributed by atoms with van der Waals surface area (Å²) >= 11 is 0. The van der Waals surface area contributed by atoms with Crippen LogP contribution in [0.4, 0.5) is 4.39 Å². The number of aromatic amines is 1. The van der Waals surface area contributed by atoms with Gasteiger partial charge >= 0.3 is 5.76 Å². The maximum atomic E-state index is 13.1. The predicted octanol–water partition coefficient (Wildman–Crippen LogP) is 4.76. The Kier molecular flexibility index (Phi) is 5.91. The minimum absolute atomic E-state index is 0.154. The third kappa shape index (κ3) is 4.71. The van der Waals surface area contributed by atoms with Crippen LogP contribution in [0.25, 0.3) is 11.1 Å². The lowest BCUT2D eigenvalue weighted by Crippen LogP contribution is -2.27. The molecule has 0 atom stereocenters. The fraction of sp³-hybridized carbons (Fsp3) is 0.435. The lowest BCUT2D eigenvalue weighted by molar-refractivity contribution is 0.314. The normalized spacial score (nSPS) is 19.9. The van der Waals surface area contributed by atoms with Crippen molar-refractivity contribution in [1.82, 2.24) is 10.3 Å². The second-order valence-corrected chi connectivity index (χ2v) is 7.92. The molecule has 28 heavy (non-hydrogen) atoms. The van der Waals surface area contributed by atoms with Gasteiger partial charge in [-0.15, -0.1) is 0 Å². The number of aromatic nitrogens is 1. The van der Waals surface area contributed by atoms with Crippen LogP contribution < -0.4 is 11.1 Å². The number of nitrogens with one attached hydrogen (secondary N) is 2. The van der Waals surface area contributed by atoms with Crippen molar-refractivity contribution in [2.45, 2.75) is 44.4 Å². The number of fused-ring (bicyclic) bond motifs is 1. The zero-order chi connectivity index (χ0) is 19.3. The van der Waals surface area contributed by atoms with E-state index in [0.29, 0.717) is 11.5 Å². The Morgan fingerprint density at radius 3 is 2.64 bits per heavy atom. The van der Waals surface area contributed by atoms with Gasteiger partial charge in [0.2, 0.25) is 0 Å².